The topological polar surface area (TPSA) is 49.8 Å². The maximum Gasteiger partial charge on any atom is 0.229 e. The molecule has 0 aliphatic heterocycles. The number of nitrogens with one attached hydrogen (secondary N) is 2. The molecule has 2 N–H and O–H groups in total. The zero-order valence-corrected chi connectivity index (χ0v) is 13.1. The molecule has 0 atom stereocenters. The minimum atomic E-state index is 0.614. The number of aryl methyl sites for hydroxylation is 1. The number of nitrogens with zero attached hydrogens (tertiary/aromatic N) is 2. The average Bonchev–Trinajstić information content (AvgIpc) is 2.52. The number of fused-ring (bicyclic) bond motifs is 1. The highest BCUT2D eigenvalue weighted by atomic mass is 15.1. The standard InChI is InChI=1S/C18H20N4/c1-4-19-17-14-9-5-6-10-16(14)21-18(22-17)20-15-11-7-8-12(2)13(15)3/h5-11H,4H2,1-3H3,(H2,19,20,21,22). The van der Waals surface area contributed by atoms with Gasteiger partial charge in [-0.25, -0.2) is 4.98 Å². The minimum absolute atomic E-state index is 0.614. The highest BCUT2D eigenvalue weighted by Crippen LogP contribution is 2.25. The van der Waals surface area contributed by atoms with E-state index in [2.05, 4.69) is 47.4 Å². The summed E-state index contributed by atoms with van der Waals surface area (Å²) in [7, 11) is 0. The molecule has 0 bridgehead atoms. The number of hydrogen-bond donors (Lipinski definition) is 2. The van der Waals surface area contributed by atoms with Crippen LogP contribution in [0.1, 0.15) is 18.1 Å². The molecule has 1 aromatic heterocycles. The molecule has 0 unspecified atom stereocenters. The summed E-state index contributed by atoms with van der Waals surface area (Å²) >= 11 is 0. The van der Waals surface area contributed by atoms with E-state index in [0.29, 0.717) is 5.95 Å². The van der Waals surface area contributed by atoms with Crippen LogP contribution in [0, 0.1) is 13.8 Å². The largest absolute Gasteiger partial charge is 0.370 e. The van der Waals surface area contributed by atoms with E-state index in [4.69, 9.17) is 0 Å². The van der Waals surface area contributed by atoms with Crippen molar-refractivity contribution >= 4 is 28.4 Å². The van der Waals surface area contributed by atoms with Crippen LogP contribution in [0.25, 0.3) is 10.9 Å². The van der Waals surface area contributed by atoms with Gasteiger partial charge in [0.25, 0.3) is 0 Å². The summed E-state index contributed by atoms with van der Waals surface area (Å²) in [6, 6.07) is 14.2. The molecule has 0 aliphatic rings. The Labute approximate surface area is 130 Å². The van der Waals surface area contributed by atoms with Crippen LogP contribution >= 0.6 is 0 Å². The average molecular weight is 292 g/mol. The maximum absolute atomic E-state index is 4.62. The second kappa shape index (κ2) is 6.02. The van der Waals surface area contributed by atoms with E-state index in [1.54, 1.807) is 0 Å². The van der Waals surface area contributed by atoms with E-state index in [1.165, 1.54) is 11.1 Å². The Bertz CT molecular complexity index is 811. The normalized spacial score (nSPS) is 10.7. The third-order valence-electron chi connectivity index (χ3n) is 3.80. The summed E-state index contributed by atoms with van der Waals surface area (Å²) < 4.78 is 0. The second-order valence-electron chi connectivity index (χ2n) is 5.32. The molecule has 0 aliphatic carbocycles. The zero-order valence-electron chi connectivity index (χ0n) is 13.1. The van der Waals surface area contributed by atoms with Gasteiger partial charge in [0.2, 0.25) is 5.95 Å². The van der Waals surface area contributed by atoms with Crippen molar-refractivity contribution < 1.29 is 0 Å². The molecule has 1 heterocycles. The third-order valence-corrected chi connectivity index (χ3v) is 3.80. The Balaban J connectivity index is 2.05. The third kappa shape index (κ3) is 2.72. The van der Waals surface area contributed by atoms with E-state index < -0.39 is 0 Å². The maximum atomic E-state index is 4.62. The Kier molecular flexibility index (Phi) is 3.92. The van der Waals surface area contributed by atoms with Crippen LogP contribution in [0.3, 0.4) is 0 Å². The lowest BCUT2D eigenvalue weighted by Crippen LogP contribution is -2.05. The Morgan fingerprint density at radius 1 is 0.955 bits per heavy atom. The molecular weight excluding hydrogens is 272 g/mol. The predicted octanol–water partition coefficient (Wildman–Crippen LogP) is 4.42. The van der Waals surface area contributed by atoms with Crippen LogP contribution in [0.2, 0.25) is 0 Å². The van der Waals surface area contributed by atoms with Gasteiger partial charge < -0.3 is 10.6 Å². The summed E-state index contributed by atoms with van der Waals surface area (Å²) in [6.45, 7) is 7.09. The van der Waals surface area contributed by atoms with Crippen LogP contribution in [0.4, 0.5) is 17.5 Å². The number of hydrogen-bond acceptors (Lipinski definition) is 4. The molecule has 0 saturated carbocycles. The summed E-state index contributed by atoms with van der Waals surface area (Å²) in [5, 5.41) is 7.69. The number of aromatic nitrogens is 2. The van der Waals surface area contributed by atoms with E-state index in [0.717, 1.165) is 29.0 Å². The quantitative estimate of drug-likeness (QED) is 0.747. The van der Waals surface area contributed by atoms with Crippen molar-refractivity contribution in [3.05, 3.63) is 53.6 Å². The smallest absolute Gasteiger partial charge is 0.229 e. The summed E-state index contributed by atoms with van der Waals surface area (Å²) in [4.78, 5) is 9.25. The van der Waals surface area contributed by atoms with E-state index >= 15 is 0 Å². The van der Waals surface area contributed by atoms with Gasteiger partial charge in [0.15, 0.2) is 0 Å². The van der Waals surface area contributed by atoms with Crippen LogP contribution in [-0.2, 0) is 0 Å². The molecule has 4 heteroatoms. The number of para-hydroxylation sites is 1. The Hall–Kier alpha value is -2.62. The van der Waals surface area contributed by atoms with Crippen molar-refractivity contribution in [2.45, 2.75) is 20.8 Å². The molecule has 2 aromatic carbocycles. The van der Waals surface area contributed by atoms with Gasteiger partial charge in [-0.3, -0.25) is 0 Å². The molecule has 112 valence electrons. The van der Waals surface area contributed by atoms with Crippen molar-refractivity contribution in [1.82, 2.24) is 9.97 Å². The van der Waals surface area contributed by atoms with Gasteiger partial charge in [0.05, 0.1) is 5.52 Å². The van der Waals surface area contributed by atoms with Crippen LogP contribution in [0.15, 0.2) is 42.5 Å². The fourth-order valence-corrected chi connectivity index (χ4v) is 2.44. The number of rotatable bonds is 4. The van der Waals surface area contributed by atoms with Gasteiger partial charge in [-0.15, -0.1) is 0 Å². The van der Waals surface area contributed by atoms with Crippen molar-refractivity contribution in [2.24, 2.45) is 0 Å². The van der Waals surface area contributed by atoms with Gasteiger partial charge in [-0.2, -0.15) is 4.98 Å². The van der Waals surface area contributed by atoms with Crippen LogP contribution in [-0.4, -0.2) is 16.5 Å². The first-order chi connectivity index (χ1) is 10.7. The number of anilines is 3. The van der Waals surface area contributed by atoms with Crippen molar-refractivity contribution in [3.8, 4) is 0 Å². The Morgan fingerprint density at radius 2 is 1.77 bits per heavy atom. The highest BCUT2D eigenvalue weighted by molar-refractivity contribution is 5.90. The van der Waals surface area contributed by atoms with Gasteiger partial charge in [0.1, 0.15) is 5.82 Å². The number of benzene rings is 2. The fourth-order valence-electron chi connectivity index (χ4n) is 2.44. The lowest BCUT2D eigenvalue weighted by Gasteiger charge is -2.13. The lowest BCUT2D eigenvalue weighted by atomic mass is 10.1. The van der Waals surface area contributed by atoms with Crippen molar-refractivity contribution in [3.63, 3.8) is 0 Å². The van der Waals surface area contributed by atoms with Gasteiger partial charge in [-0.1, -0.05) is 24.3 Å². The molecule has 3 rings (SSSR count). The SMILES string of the molecule is CCNc1nc(Nc2cccc(C)c2C)nc2ccccc12. The molecule has 0 radical (unpaired) electrons. The first kappa shape index (κ1) is 14.3. The molecule has 0 amide bonds. The highest BCUT2D eigenvalue weighted by Gasteiger charge is 2.08. The monoisotopic (exact) mass is 292 g/mol. The zero-order chi connectivity index (χ0) is 15.5. The Morgan fingerprint density at radius 3 is 2.59 bits per heavy atom. The van der Waals surface area contributed by atoms with Crippen LogP contribution in [0.5, 0.6) is 0 Å². The summed E-state index contributed by atoms with van der Waals surface area (Å²) in [5.74, 6) is 1.48. The summed E-state index contributed by atoms with van der Waals surface area (Å²) in [5.41, 5.74) is 4.43. The molecule has 4 nitrogen and oxygen atoms in total. The van der Waals surface area contributed by atoms with Crippen molar-refractivity contribution in [1.29, 1.82) is 0 Å². The van der Waals surface area contributed by atoms with E-state index in [1.807, 2.05) is 36.4 Å². The van der Waals surface area contributed by atoms with Gasteiger partial charge in [-0.05, 0) is 50.1 Å². The van der Waals surface area contributed by atoms with Gasteiger partial charge in [0, 0.05) is 17.6 Å². The molecule has 0 saturated heterocycles. The minimum Gasteiger partial charge on any atom is -0.370 e. The molecule has 0 fully saturated rings. The molecular formula is C18H20N4. The molecule has 3 aromatic rings. The van der Waals surface area contributed by atoms with Gasteiger partial charge >= 0.3 is 0 Å². The summed E-state index contributed by atoms with van der Waals surface area (Å²) in [6.07, 6.45) is 0. The predicted molar refractivity (Wildman–Crippen MR) is 92.9 cm³/mol. The van der Waals surface area contributed by atoms with Crippen LogP contribution < -0.4 is 10.6 Å². The first-order valence-corrected chi connectivity index (χ1v) is 7.53. The fraction of sp³-hybridized carbons (Fsp3) is 0.222. The second-order valence-corrected chi connectivity index (χ2v) is 5.32. The molecule has 0 spiro atoms. The lowest BCUT2D eigenvalue weighted by molar-refractivity contribution is 1.14. The first-order valence-electron chi connectivity index (χ1n) is 7.53. The molecule has 22 heavy (non-hydrogen) atoms. The van der Waals surface area contributed by atoms with E-state index in [-0.39, 0.29) is 0 Å². The van der Waals surface area contributed by atoms with E-state index in [9.17, 15) is 0 Å². The van der Waals surface area contributed by atoms with Crippen molar-refractivity contribution in [2.75, 3.05) is 17.2 Å².